The summed E-state index contributed by atoms with van der Waals surface area (Å²) in [5, 5.41) is 6.48. The molecule has 0 saturated heterocycles. The van der Waals surface area contributed by atoms with E-state index in [1.807, 2.05) is 6.07 Å². The lowest BCUT2D eigenvalue weighted by atomic mass is 10.1. The van der Waals surface area contributed by atoms with Crippen LogP contribution in [0.3, 0.4) is 0 Å². The Kier molecular flexibility index (Phi) is 6.58. The van der Waals surface area contributed by atoms with Crippen molar-refractivity contribution < 1.29 is 4.79 Å². The number of amides is 1. The van der Waals surface area contributed by atoms with Crippen molar-refractivity contribution in [3.63, 3.8) is 0 Å². The molecule has 1 fully saturated rings. The van der Waals surface area contributed by atoms with Gasteiger partial charge in [-0.2, -0.15) is 0 Å². The first kappa shape index (κ1) is 15.0. The Bertz CT molecular complexity index is 385. The maximum Gasteiger partial charge on any atom is 0.223 e. The molecule has 20 heavy (non-hydrogen) atoms. The van der Waals surface area contributed by atoms with Gasteiger partial charge in [-0.1, -0.05) is 43.2 Å². The Morgan fingerprint density at radius 3 is 2.55 bits per heavy atom. The standard InChI is InChI=1S/C17H26N2O/c20-17(16-9-4-5-10-16)19-13-6-12-18-14-11-15-7-2-1-3-8-15/h1-3,7-8,16,18H,4-6,9-14H2,(H,19,20). The average Bonchev–Trinajstić information content (AvgIpc) is 3.01. The first-order valence-electron chi connectivity index (χ1n) is 7.88. The van der Waals surface area contributed by atoms with E-state index in [2.05, 4.69) is 34.9 Å². The predicted octanol–water partition coefficient (Wildman–Crippen LogP) is 2.52. The van der Waals surface area contributed by atoms with Crippen LogP contribution in [0, 0.1) is 5.92 Å². The van der Waals surface area contributed by atoms with Gasteiger partial charge in [0, 0.05) is 12.5 Å². The van der Waals surface area contributed by atoms with Crippen LogP contribution in [0.4, 0.5) is 0 Å². The van der Waals surface area contributed by atoms with Crippen molar-refractivity contribution in [2.75, 3.05) is 19.6 Å². The summed E-state index contributed by atoms with van der Waals surface area (Å²) in [6, 6.07) is 10.5. The van der Waals surface area contributed by atoms with E-state index in [9.17, 15) is 4.79 Å². The molecule has 0 aliphatic heterocycles. The van der Waals surface area contributed by atoms with Crippen LogP contribution >= 0.6 is 0 Å². The Labute approximate surface area is 122 Å². The van der Waals surface area contributed by atoms with Crippen molar-refractivity contribution in [3.8, 4) is 0 Å². The van der Waals surface area contributed by atoms with Gasteiger partial charge in [0.05, 0.1) is 0 Å². The second-order valence-electron chi connectivity index (χ2n) is 5.61. The Balaban J connectivity index is 1.44. The molecule has 0 spiro atoms. The molecule has 2 N–H and O–H groups in total. The minimum Gasteiger partial charge on any atom is -0.356 e. The summed E-state index contributed by atoms with van der Waals surface area (Å²) >= 11 is 0. The number of nitrogens with one attached hydrogen (secondary N) is 2. The van der Waals surface area contributed by atoms with Gasteiger partial charge in [0.2, 0.25) is 5.91 Å². The van der Waals surface area contributed by atoms with Gasteiger partial charge in [-0.15, -0.1) is 0 Å². The highest BCUT2D eigenvalue weighted by Crippen LogP contribution is 2.24. The molecule has 0 bridgehead atoms. The van der Waals surface area contributed by atoms with Crippen LogP contribution in [0.1, 0.15) is 37.7 Å². The van der Waals surface area contributed by atoms with Crippen molar-refractivity contribution in [3.05, 3.63) is 35.9 Å². The van der Waals surface area contributed by atoms with Crippen LogP contribution < -0.4 is 10.6 Å². The van der Waals surface area contributed by atoms with Crippen LogP contribution in [0.5, 0.6) is 0 Å². The van der Waals surface area contributed by atoms with Gasteiger partial charge in [-0.3, -0.25) is 4.79 Å². The fourth-order valence-corrected chi connectivity index (χ4v) is 2.76. The highest BCUT2D eigenvalue weighted by molar-refractivity contribution is 5.78. The zero-order chi connectivity index (χ0) is 14.0. The first-order chi connectivity index (χ1) is 9.86. The Morgan fingerprint density at radius 1 is 1.05 bits per heavy atom. The van der Waals surface area contributed by atoms with E-state index in [0.717, 1.165) is 45.3 Å². The van der Waals surface area contributed by atoms with E-state index in [1.165, 1.54) is 18.4 Å². The van der Waals surface area contributed by atoms with E-state index in [1.54, 1.807) is 0 Å². The van der Waals surface area contributed by atoms with E-state index in [0.29, 0.717) is 5.92 Å². The Hall–Kier alpha value is -1.35. The van der Waals surface area contributed by atoms with Gasteiger partial charge in [0.15, 0.2) is 0 Å². The summed E-state index contributed by atoms with van der Waals surface area (Å²) in [6.07, 6.45) is 6.68. The van der Waals surface area contributed by atoms with Crippen LogP contribution in [-0.4, -0.2) is 25.5 Å². The number of carbonyl (C=O) groups excluding carboxylic acids is 1. The van der Waals surface area contributed by atoms with Gasteiger partial charge < -0.3 is 10.6 Å². The summed E-state index contributed by atoms with van der Waals surface area (Å²) in [5.41, 5.74) is 1.37. The number of benzene rings is 1. The average molecular weight is 274 g/mol. The summed E-state index contributed by atoms with van der Waals surface area (Å²) in [5.74, 6) is 0.563. The normalized spacial score (nSPS) is 15.4. The van der Waals surface area contributed by atoms with Crippen molar-refractivity contribution in [2.24, 2.45) is 5.92 Å². The molecule has 3 nitrogen and oxygen atoms in total. The van der Waals surface area contributed by atoms with Crippen molar-refractivity contribution >= 4 is 5.91 Å². The molecule has 110 valence electrons. The lowest BCUT2D eigenvalue weighted by Gasteiger charge is -2.10. The summed E-state index contributed by atoms with van der Waals surface area (Å²) < 4.78 is 0. The highest BCUT2D eigenvalue weighted by Gasteiger charge is 2.21. The maximum atomic E-state index is 11.8. The van der Waals surface area contributed by atoms with E-state index in [4.69, 9.17) is 0 Å². The largest absolute Gasteiger partial charge is 0.356 e. The van der Waals surface area contributed by atoms with E-state index < -0.39 is 0 Å². The fourth-order valence-electron chi connectivity index (χ4n) is 2.76. The second-order valence-corrected chi connectivity index (χ2v) is 5.61. The molecule has 1 aliphatic rings. The first-order valence-corrected chi connectivity index (χ1v) is 7.88. The van der Waals surface area contributed by atoms with Crippen molar-refractivity contribution in [1.29, 1.82) is 0 Å². The molecule has 1 amide bonds. The number of rotatable bonds is 8. The zero-order valence-electron chi connectivity index (χ0n) is 12.2. The molecule has 0 radical (unpaired) electrons. The number of carbonyl (C=O) groups is 1. The van der Waals surface area contributed by atoms with Crippen LogP contribution in [0.15, 0.2) is 30.3 Å². The molecule has 3 heteroatoms. The zero-order valence-corrected chi connectivity index (χ0v) is 12.2. The maximum absolute atomic E-state index is 11.8. The fraction of sp³-hybridized carbons (Fsp3) is 0.588. The number of hydrogen-bond donors (Lipinski definition) is 2. The quantitative estimate of drug-likeness (QED) is 0.715. The van der Waals surface area contributed by atoms with Gasteiger partial charge in [0.25, 0.3) is 0 Å². The minimum absolute atomic E-state index is 0.270. The summed E-state index contributed by atoms with van der Waals surface area (Å²) in [4.78, 5) is 11.8. The van der Waals surface area contributed by atoms with E-state index >= 15 is 0 Å². The Morgan fingerprint density at radius 2 is 1.80 bits per heavy atom. The topological polar surface area (TPSA) is 41.1 Å². The highest BCUT2D eigenvalue weighted by atomic mass is 16.1. The van der Waals surface area contributed by atoms with Crippen LogP contribution in [0.25, 0.3) is 0 Å². The molecule has 0 atom stereocenters. The minimum atomic E-state index is 0.270. The predicted molar refractivity (Wildman–Crippen MR) is 82.6 cm³/mol. The summed E-state index contributed by atoms with van der Waals surface area (Å²) in [7, 11) is 0. The molecule has 1 saturated carbocycles. The third-order valence-corrected chi connectivity index (χ3v) is 3.99. The third-order valence-electron chi connectivity index (χ3n) is 3.99. The van der Waals surface area contributed by atoms with Crippen molar-refractivity contribution in [2.45, 2.75) is 38.5 Å². The molecule has 0 unspecified atom stereocenters. The van der Waals surface area contributed by atoms with Gasteiger partial charge >= 0.3 is 0 Å². The molecular weight excluding hydrogens is 248 g/mol. The molecule has 2 rings (SSSR count). The van der Waals surface area contributed by atoms with Crippen molar-refractivity contribution in [1.82, 2.24) is 10.6 Å². The lowest BCUT2D eigenvalue weighted by molar-refractivity contribution is -0.124. The van der Waals surface area contributed by atoms with Crippen LogP contribution in [0.2, 0.25) is 0 Å². The molecular formula is C17H26N2O. The molecule has 1 aliphatic carbocycles. The molecule has 0 aromatic heterocycles. The smallest absolute Gasteiger partial charge is 0.223 e. The number of hydrogen-bond acceptors (Lipinski definition) is 2. The summed E-state index contributed by atoms with van der Waals surface area (Å²) in [6.45, 7) is 2.77. The van der Waals surface area contributed by atoms with Crippen LogP contribution in [-0.2, 0) is 11.2 Å². The van der Waals surface area contributed by atoms with Gasteiger partial charge in [0.1, 0.15) is 0 Å². The monoisotopic (exact) mass is 274 g/mol. The third kappa shape index (κ3) is 5.33. The lowest BCUT2D eigenvalue weighted by Crippen LogP contribution is -2.31. The molecule has 0 heterocycles. The SMILES string of the molecule is O=C(NCCCNCCc1ccccc1)C1CCCC1. The van der Waals surface area contributed by atoms with E-state index in [-0.39, 0.29) is 5.91 Å². The van der Waals surface area contributed by atoms with Gasteiger partial charge in [-0.25, -0.2) is 0 Å². The molecule has 1 aromatic rings. The second kappa shape index (κ2) is 8.75. The van der Waals surface area contributed by atoms with Gasteiger partial charge in [-0.05, 0) is 44.3 Å². The molecule has 1 aromatic carbocycles.